The third kappa shape index (κ3) is 8.57. The van der Waals surface area contributed by atoms with E-state index >= 15 is 0 Å². The number of rotatable bonds is 11. The minimum absolute atomic E-state index is 0.0135. The van der Waals surface area contributed by atoms with Crippen molar-refractivity contribution in [1.29, 1.82) is 0 Å². The lowest BCUT2D eigenvalue weighted by Gasteiger charge is -2.43. The van der Waals surface area contributed by atoms with Gasteiger partial charge in [0.15, 0.2) is 46.1 Å². The molecule has 1 aliphatic heterocycles. The number of ether oxygens (including phenoxy) is 4. The zero-order valence-corrected chi connectivity index (χ0v) is 41.6. The third-order valence-corrected chi connectivity index (χ3v) is 23.1. The highest BCUT2D eigenvalue weighted by Crippen LogP contribution is 2.50. The van der Waals surface area contributed by atoms with Gasteiger partial charge in [-0.1, -0.05) is 84.0 Å². The van der Waals surface area contributed by atoms with Crippen LogP contribution in [0.2, 0.25) is 36.3 Å². The summed E-state index contributed by atoms with van der Waals surface area (Å²) in [6, 6.07) is 15.0. The zero-order valence-electron chi connectivity index (χ0n) is 39.6. The number of fused-ring (bicyclic) bond motifs is 3. The summed E-state index contributed by atoms with van der Waals surface area (Å²) in [5, 5.41) is 8.99. The van der Waals surface area contributed by atoms with Gasteiger partial charge in [-0.3, -0.25) is 28.7 Å². The first-order valence-corrected chi connectivity index (χ1v) is 28.1. The van der Waals surface area contributed by atoms with Gasteiger partial charge in [0.05, 0.1) is 25.1 Å². The Morgan fingerprint density at radius 2 is 1.45 bits per heavy atom. The molecule has 1 saturated heterocycles. The fourth-order valence-corrected chi connectivity index (χ4v) is 11.2. The molecule has 1 fully saturated rings. The Hall–Kier alpha value is -5.21. The van der Waals surface area contributed by atoms with E-state index in [1.165, 1.54) is 20.8 Å². The maximum atomic E-state index is 14.0. The van der Waals surface area contributed by atoms with Gasteiger partial charge in [0.25, 0.3) is 5.56 Å². The van der Waals surface area contributed by atoms with Crippen molar-refractivity contribution in [3.63, 3.8) is 0 Å². The molecule has 1 aliphatic carbocycles. The molecule has 0 amide bonds. The van der Waals surface area contributed by atoms with E-state index in [-0.39, 0.29) is 33.3 Å². The number of esters is 3. The van der Waals surface area contributed by atoms with Crippen LogP contribution in [0.25, 0.3) is 43.5 Å². The monoisotopic (exact) mass is 923 g/mol. The fourth-order valence-electron chi connectivity index (χ4n) is 8.81. The molecule has 15 nitrogen and oxygen atoms in total. The molecule has 3 heterocycles. The van der Waals surface area contributed by atoms with Crippen LogP contribution in [0, 0.1) is 0 Å². The molecule has 0 unspecified atom stereocenters. The van der Waals surface area contributed by atoms with E-state index < -0.39 is 76.8 Å². The molecule has 0 radical (unpaired) electrons. The van der Waals surface area contributed by atoms with Crippen molar-refractivity contribution in [2.75, 3.05) is 11.9 Å². The van der Waals surface area contributed by atoms with E-state index in [0.717, 1.165) is 32.3 Å². The normalized spacial score (nSPS) is 23.0. The summed E-state index contributed by atoms with van der Waals surface area (Å²) in [6.07, 6.45) is -3.01. The van der Waals surface area contributed by atoms with Crippen LogP contribution >= 0.6 is 0 Å². The highest BCUT2D eigenvalue weighted by Gasteiger charge is 2.51. The molecule has 7 atom stereocenters. The summed E-state index contributed by atoms with van der Waals surface area (Å²) in [6.45, 7) is 26.2. The molecule has 0 spiro atoms. The van der Waals surface area contributed by atoms with Crippen molar-refractivity contribution in [3.05, 3.63) is 76.3 Å². The lowest BCUT2D eigenvalue weighted by molar-refractivity contribution is -0.187. The number of hydrogen-bond donors (Lipinski definition) is 2. The first-order chi connectivity index (χ1) is 30.3. The Morgan fingerprint density at radius 1 is 0.831 bits per heavy atom. The van der Waals surface area contributed by atoms with Gasteiger partial charge in [-0.2, -0.15) is 4.98 Å². The lowest BCUT2D eigenvalue weighted by Crippen LogP contribution is -2.50. The SMILES string of the molecule is CC(=O)O[C@@H]1[C@H](OC(C)=O)[C@@H](OC(C)=O)c2cc3ccc4cccc5ccc(c2[C@H]1Nc1nc2c(ncn2[C@H]2C[C@H](O[Si](C)(C)C(C)(C)C)[C@@H](CO[Si](C)(C)C(C)(C)C)O2)c(=O)[nH]1)c3c45. The van der Waals surface area contributed by atoms with Gasteiger partial charge in [-0.05, 0) is 80.2 Å². The van der Waals surface area contributed by atoms with Crippen LogP contribution in [0.15, 0.2) is 59.7 Å². The Morgan fingerprint density at radius 3 is 2.08 bits per heavy atom. The number of nitrogens with one attached hydrogen (secondary N) is 2. The number of benzene rings is 4. The van der Waals surface area contributed by atoms with Crippen LogP contribution in [-0.4, -0.2) is 85.1 Å². The fraction of sp³-hybridized carbons (Fsp3) is 0.500. The zero-order chi connectivity index (χ0) is 47.1. The van der Waals surface area contributed by atoms with E-state index in [1.54, 1.807) is 10.9 Å². The summed E-state index contributed by atoms with van der Waals surface area (Å²) in [7, 11) is -4.44. The number of imidazole rings is 1. The molecule has 8 rings (SSSR count). The summed E-state index contributed by atoms with van der Waals surface area (Å²) < 4.78 is 40.3. The number of H-pyrrole nitrogens is 1. The van der Waals surface area contributed by atoms with Crippen LogP contribution < -0.4 is 10.9 Å². The van der Waals surface area contributed by atoms with Crippen LogP contribution in [0.3, 0.4) is 0 Å². The minimum Gasteiger partial charge on any atom is -0.456 e. The highest BCUT2D eigenvalue weighted by atomic mass is 28.4. The van der Waals surface area contributed by atoms with Crippen LogP contribution in [0.1, 0.15) is 98.2 Å². The Balaban J connectivity index is 1.25. The van der Waals surface area contributed by atoms with Crippen molar-refractivity contribution >= 4 is 84.0 Å². The molecule has 65 heavy (non-hydrogen) atoms. The summed E-state index contributed by atoms with van der Waals surface area (Å²) in [5.41, 5.74) is 0.972. The van der Waals surface area contributed by atoms with Gasteiger partial charge in [-0.25, -0.2) is 4.98 Å². The van der Waals surface area contributed by atoms with Gasteiger partial charge in [-0.15, -0.1) is 0 Å². The molecule has 346 valence electrons. The van der Waals surface area contributed by atoms with Crippen LogP contribution in [0.5, 0.6) is 0 Å². The van der Waals surface area contributed by atoms with Crippen LogP contribution in [0.4, 0.5) is 5.95 Å². The summed E-state index contributed by atoms with van der Waals surface area (Å²) in [4.78, 5) is 65.1. The molecular formula is C48H61N5O10Si2. The molecule has 2 aliphatic rings. The van der Waals surface area contributed by atoms with Gasteiger partial charge < -0.3 is 33.1 Å². The van der Waals surface area contributed by atoms with Crippen molar-refractivity contribution in [1.82, 2.24) is 19.5 Å². The number of aromatic nitrogens is 4. The Labute approximate surface area is 380 Å². The number of hydrogen-bond acceptors (Lipinski definition) is 13. The number of nitrogens with zero attached hydrogens (tertiary/aromatic N) is 3. The second-order valence-corrected chi connectivity index (χ2v) is 30.2. The van der Waals surface area contributed by atoms with Crippen molar-refractivity contribution in [3.8, 4) is 0 Å². The smallest absolute Gasteiger partial charge is 0.303 e. The van der Waals surface area contributed by atoms with Gasteiger partial charge >= 0.3 is 17.9 Å². The average Bonchev–Trinajstić information content (AvgIpc) is 3.81. The predicted molar refractivity (Wildman–Crippen MR) is 254 cm³/mol. The highest BCUT2D eigenvalue weighted by molar-refractivity contribution is 6.74. The molecule has 2 N–H and O–H groups in total. The standard InChI is InChI=1S/C48H61N5O10Si2/c1-25(54)59-41-32-21-30-18-17-28-15-14-16-29-19-20-31(37(30)36(28)29)38(32)39(42(60-26(2)55)43(41)61-27(3)56)50-46-51-44-40(45(57)52-46)49-24-53(44)35-22-33(63-65(12,13)48(7,8)9)34(62-35)23-58-64(10,11)47(4,5)6/h14-21,24,33-35,39,41-43H,22-23H2,1-13H3,(H2,50,51,52,57)/t33-,34+,35+,39+,41-,42-,43+/m0/s1. The maximum Gasteiger partial charge on any atom is 0.303 e. The molecule has 17 heteroatoms. The molecular weight excluding hydrogens is 863 g/mol. The largest absolute Gasteiger partial charge is 0.456 e. The molecule has 6 aromatic rings. The number of aromatic amines is 1. The predicted octanol–water partition coefficient (Wildman–Crippen LogP) is 9.35. The Bertz CT molecular complexity index is 2860. The quantitative estimate of drug-likeness (QED) is 0.0543. The lowest BCUT2D eigenvalue weighted by atomic mass is 9.77. The molecule has 4 aromatic carbocycles. The van der Waals surface area contributed by atoms with Gasteiger partial charge in [0, 0.05) is 32.8 Å². The van der Waals surface area contributed by atoms with Crippen LogP contribution in [-0.2, 0) is 42.2 Å². The van der Waals surface area contributed by atoms with Crippen molar-refractivity contribution < 1.29 is 42.2 Å². The second-order valence-electron chi connectivity index (χ2n) is 20.6. The third-order valence-electron chi connectivity index (χ3n) is 14.1. The molecule has 0 saturated carbocycles. The average molecular weight is 924 g/mol. The van der Waals surface area contributed by atoms with Crippen molar-refractivity contribution in [2.45, 2.75) is 148 Å². The first kappa shape index (κ1) is 46.3. The van der Waals surface area contributed by atoms with E-state index in [1.807, 2.05) is 48.5 Å². The van der Waals surface area contributed by atoms with E-state index in [2.05, 4.69) is 83.0 Å². The van der Waals surface area contributed by atoms with Crippen molar-refractivity contribution in [2.24, 2.45) is 0 Å². The topological polar surface area (TPSA) is 182 Å². The minimum atomic E-state index is -2.28. The molecule has 0 bridgehead atoms. The van der Waals surface area contributed by atoms with E-state index in [4.69, 9.17) is 32.8 Å². The van der Waals surface area contributed by atoms with E-state index in [9.17, 15) is 19.2 Å². The second kappa shape index (κ2) is 16.6. The van der Waals surface area contributed by atoms with Gasteiger partial charge in [0.2, 0.25) is 5.95 Å². The Kier molecular flexibility index (Phi) is 11.8. The first-order valence-electron chi connectivity index (χ1n) is 22.3. The molecule has 2 aromatic heterocycles. The van der Waals surface area contributed by atoms with E-state index in [0.29, 0.717) is 24.2 Å². The summed E-state index contributed by atoms with van der Waals surface area (Å²) >= 11 is 0. The summed E-state index contributed by atoms with van der Waals surface area (Å²) in [5.74, 6) is -1.95. The number of anilines is 1. The maximum absolute atomic E-state index is 14.0. The van der Waals surface area contributed by atoms with Gasteiger partial charge in [0.1, 0.15) is 12.3 Å². The number of carbonyl (C=O) groups excluding carboxylic acids is 3. The number of carbonyl (C=O) groups is 3.